The third kappa shape index (κ3) is 6.13. The van der Waals surface area contributed by atoms with Crippen molar-refractivity contribution in [2.75, 3.05) is 19.8 Å². The highest BCUT2D eigenvalue weighted by molar-refractivity contribution is 7.86. The highest BCUT2D eigenvalue weighted by atomic mass is 32.2. The van der Waals surface area contributed by atoms with Crippen LogP contribution in [0.1, 0.15) is 38.7 Å². The number of benzene rings is 1. The van der Waals surface area contributed by atoms with Crippen LogP contribution in [0.5, 0.6) is 0 Å². The Morgan fingerprint density at radius 1 is 1.04 bits per heavy atom. The molecule has 0 radical (unpaired) electrons. The molecule has 156 valence electrons. The van der Waals surface area contributed by atoms with E-state index in [4.69, 9.17) is 13.7 Å². The van der Waals surface area contributed by atoms with E-state index < -0.39 is 33.9 Å². The van der Waals surface area contributed by atoms with Crippen molar-refractivity contribution < 1.29 is 36.5 Å². The second kappa shape index (κ2) is 10.9. The normalized spacial score (nSPS) is 11.7. The molecule has 0 saturated carbocycles. The number of esters is 2. The van der Waals surface area contributed by atoms with Crippen molar-refractivity contribution in [3.8, 4) is 0 Å². The van der Waals surface area contributed by atoms with E-state index in [-0.39, 0.29) is 37.6 Å². The van der Waals surface area contributed by atoms with Crippen LogP contribution in [0.4, 0.5) is 0 Å². The molecule has 1 aromatic rings. The zero-order valence-corrected chi connectivity index (χ0v) is 17.1. The molecular weight excluding hydrogens is 388 g/mol. The van der Waals surface area contributed by atoms with E-state index in [1.54, 1.807) is 26.0 Å². The summed E-state index contributed by atoms with van der Waals surface area (Å²) >= 11 is 0. The Bertz CT molecular complexity index is 750. The number of carbonyl (C=O) groups is 3. The molecule has 0 amide bonds. The molecule has 0 heterocycles. The summed E-state index contributed by atoms with van der Waals surface area (Å²) in [6.45, 7) is 4.76. The number of hydrogen-bond donors (Lipinski definition) is 0. The molecule has 0 bridgehead atoms. The van der Waals surface area contributed by atoms with Crippen molar-refractivity contribution in [2.24, 2.45) is 5.41 Å². The molecule has 0 aliphatic heterocycles. The second-order valence-electron chi connectivity index (χ2n) is 6.09. The van der Waals surface area contributed by atoms with Crippen LogP contribution in [0.15, 0.2) is 29.2 Å². The summed E-state index contributed by atoms with van der Waals surface area (Å²) in [6, 6.07) is 6.15. The van der Waals surface area contributed by atoms with Crippen LogP contribution in [0.2, 0.25) is 0 Å². The molecule has 0 unspecified atom stereocenters. The lowest BCUT2D eigenvalue weighted by molar-refractivity contribution is -0.174. The van der Waals surface area contributed by atoms with Crippen LogP contribution in [0.25, 0.3) is 0 Å². The average molecular weight is 414 g/mol. The SMILES string of the molecule is CCOC(=O)C(CC=O)(CCCOS(=O)(=O)c1ccc(C)cc1)C(=O)OCC. The van der Waals surface area contributed by atoms with Gasteiger partial charge in [0.15, 0.2) is 5.41 Å². The molecule has 0 spiro atoms. The van der Waals surface area contributed by atoms with Gasteiger partial charge in [0.2, 0.25) is 0 Å². The van der Waals surface area contributed by atoms with Gasteiger partial charge >= 0.3 is 11.9 Å². The van der Waals surface area contributed by atoms with Gasteiger partial charge in [0.1, 0.15) is 6.29 Å². The van der Waals surface area contributed by atoms with Crippen molar-refractivity contribution in [3.05, 3.63) is 29.8 Å². The lowest BCUT2D eigenvalue weighted by Crippen LogP contribution is -2.42. The van der Waals surface area contributed by atoms with E-state index in [1.165, 1.54) is 12.1 Å². The Kier molecular flexibility index (Phi) is 9.27. The van der Waals surface area contributed by atoms with E-state index in [0.717, 1.165) is 5.56 Å². The Morgan fingerprint density at radius 2 is 1.57 bits per heavy atom. The Balaban J connectivity index is 2.86. The first-order valence-corrected chi connectivity index (χ1v) is 10.4. The quantitative estimate of drug-likeness (QED) is 0.168. The van der Waals surface area contributed by atoms with Crippen molar-refractivity contribution in [1.29, 1.82) is 0 Å². The average Bonchev–Trinajstić information content (AvgIpc) is 2.65. The number of ether oxygens (including phenoxy) is 2. The molecular formula is C19H26O8S. The maximum Gasteiger partial charge on any atom is 0.323 e. The highest BCUT2D eigenvalue weighted by Crippen LogP contribution is 2.31. The Morgan fingerprint density at radius 3 is 2.04 bits per heavy atom. The van der Waals surface area contributed by atoms with Crippen molar-refractivity contribution >= 4 is 28.3 Å². The van der Waals surface area contributed by atoms with Gasteiger partial charge in [-0.2, -0.15) is 8.42 Å². The van der Waals surface area contributed by atoms with Gasteiger partial charge in [0.25, 0.3) is 10.1 Å². The summed E-state index contributed by atoms with van der Waals surface area (Å²) in [5, 5.41) is 0. The first kappa shape index (κ1) is 23.8. The Hall–Kier alpha value is -2.26. The van der Waals surface area contributed by atoms with Crippen LogP contribution >= 0.6 is 0 Å². The van der Waals surface area contributed by atoms with E-state index in [1.807, 2.05) is 6.92 Å². The summed E-state index contributed by atoms with van der Waals surface area (Å²) in [7, 11) is -3.97. The molecule has 0 fully saturated rings. The van der Waals surface area contributed by atoms with Crippen LogP contribution in [-0.4, -0.2) is 46.5 Å². The van der Waals surface area contributed by atoms with E-state index in [0.29, 0.717) is 6.29 Å². The molecule has 8 nitrogen and oxygen atoms in total. The summed E-state index contributed by atoms with van der Waals surface area (Å²) in [4.78, 5) is 35.9. The first-order chi connectivity index (χ1) is 13.2. The summed E-state index contributed by atoms with van der Waals surface area (Å²) in [6.07, 6.45) is -0.101. The zero-order valence-electron chi connectivity index (χ0n) is 16.3. The minimum absolute atomic E-state index is 0.00744. The van der Waals surface area contributed by atoms with Crippen LogP contribution in [0, 0.1) is 12.3 Å². The minimum atomic E-state index is -3.97. The molecule has 0 aliphatic rings. The van der Waals surface area contributed by atoms with E-state index >= 15 is 0 Å². The predicted octanol–water partition coefficient (Wildman–Crippen LogP) is 2.18. The molecule has 0 saturated heterocycles. The molecule has 0 aromatic heterocycles. The molecule has 0 aliphatic carbocycles. The number of aldehydes is 1. The third-order valence-electron chi connectivity index (χ3n) is 4.06. The van der Waals surface area contributed by atoms with Gasteiger partial charge in [-0.15, -0.1) is 0 Å². The third-order valence-corrected chi connectivity index (χ3v) is 5.39. The monoisotopic (exact) mass is 414 g/mol. The van der Waals surface area contributed by atoms with Gasteiger partial charge in [-0.25, -0.2) is 0 Å². The topological polar surface area (TPSA) is 113 Å². The standard InChI is InChI=1S/C19H26O8S/c1-4-25-17(21)19(12-13-20,18(22)26-5-2)11-6-14-27-28(23,24)16-9-7-15(3)8-10-16/h7-10,13H,4-6,11-12,14H2,1-3H3. The lowest BCUT2D eigenvalue weighted by atomic mass is 9.80. The van der Waals surface area contributed by atoms with Gasteiger partial charge in [-0.3, -0.25) is 13.8 Å². The zero-order chi connectivity index (χ0) is 21.2. The Labute approximate surface area is 165 Å². The predicted molar refractivity (Wildman–Crippen MR) is 99.9 cm³/mol. The first-order valence-electron chi connectivity index (χ1n) is 8.97. The summed E-state index contributed by atoms with van der Waals surface area (Å²) in [5.74, 6) is -1.75. The number of aryl methyl sites for hydroxylation is 1. The molecule has 28 heavy (non-hydrogen) atoms. The van der Waals surface area contributed by atoms with Crippen LogP contribution < -0.4 is 0 Å². The fourth-order valence-electron chi connectivity index (χ4n) is 2.55. The molecule has 1 rings (SSSR count). The van der Waals surface area contributed by atoms with Gasteiger partial charge in [0.05, 0.1) is 24.7 Å². The minimum Gasteiger partial charge on any atom is -0.465 e. The number of carbonyl (C=O) groups excluding carboxylic acids is 3. The molecule has 1 aromatic carbocycles. The van der Waals surface area contributed by atoms with Crippen molar-refractivity contribution in [3.63, 3.8) is 0 Å². The van der Waals surface area contributed by atoms with Gasteiger partial charge in [-0.05, 0) is 45.7 Å². The number of rotatable bonds is 12. The summed E-state index contributed by atoms with van der Waals surface area (Å²) in [5.41, 5.74) is -0.911. The maximum atomic E-state index is 12.4. The molecule has 0 atom stereocenters. The van der Waals surface area contributed by atoms with Crippen LogP contribution in [0.3, 0.4) is 0 Å². The maximum absolute atomic E-state index is 12.4. The van der Waals surface area contributed by atoms with Crippen molar-refractivity contribution in [2.45, 2.75) is 44.9 Å². The van der Waals surface area contributed by atoms with Gasteiger partial charge in [-0.1, -0.05) is 17.7 Å². The lowest BCUT2D eigenvalue weighted by Gasteiger charge is -2.27. The largest absolute Gasteiger partial charge is 0.465 e. The smallest absolute Gasteiger partial charge is 0.323 e. The van der Waals surface area contributed by atoms with E-state index in [2.05, 4.69) is 0 Å². The van der Waals surface area contributed by atoms with Gasteiger partial charge in [0, 0.05) is 6.42 Å². The van der Waals surface area contributed by atoms with E-state index in [9.17, 15) is 22.8 Å². The fraction of sp³-hybridized carbons (Fsp3) is 0.526. The van der Waals surface area contributed by atoms with Crippen molar-refractivity contribution in [1.82, 2.24) is 0 Å². The van der Waals surface area contributed by atoms with Gasteiger partial charge < -0.3 is 14.3 Å². The number of hydrogen-bond acceptors (Lipinski definition) is 8. The van der Waals surface area contributed by atoms with Crippen LogP contribution in [-0.2, 0) is 38.2 Å². The molecule has 9 heteroatoms. The highest BCUT2D eigenvalue weighted by Gasteiger charge is 2.48. The fourth-order valence-corrected chi connectivity index (χ4v) is 3.50. The second-order valence-corrected chi connectivity index (χ2v) is 7.70. The molecule has 0 N–H and O–H groups in total. The summed E-state index contributed by atoms with van der Waals surface area (Å²) < 4.78 is 39.3.